The molecule has 1 saturated carbocycles. The lowest BCUT2D eigenvalue weighted by molar-refractivity contribution is -0.155. The third kappa shape index (κ3) is 6.96. The van der Waals surface area contributed by atoms with Gasteiger partial charge in [-0.15, -0.1) is 10.2 Å². The quantitative estimate of drug-likeness (QED) is 0.573. The summed E-state index contributed by atoms with van der Waals surface area (Å²) in [6, 6.07) is 0. The molecular weight excluding hydrogens is 346 g/mol. The van der Waals surface area contributed by atoms with Gasteiger partial charge in [-0.3, -0.25) is 9.59 Å². The van der Waals surface area contributed by atoms with E-state index in [1.54, 1.807) is 0 Å². The molecule has 7 heteroatoms. The molecule has 152 valence electrons. The Bertz CT molecular complexity index is 625. The van der Waals surface area contributed by atoms with Gasteiger partial charge in [0, 0.05) is 30.7 Å². The maximum absolute atomic E-state index is 12.3. The van der Waals surface area contributed by atoms with Gasteiger partial charge in [-0.25, -0.2) is 0 Å². The standard InChI is InChI=1S/C20H33N3O4/c1-13(2)18-22-23-19(26-18)15-10-8-14(9-11-15)17(25)21-12-6-7-16(24)27-20(3,4)5/h13-15H,6-12H2,1-5H3,(H,21,25). The number of carbonyl (C=O) groups excluding carboxylic acids is 2. The molecule has 1 aliphatic carbocycles. The Kier molecular flexibility index (Phi) is 7.39. The van der Waals surface area contributed by atoms with Crippen LogP contribution in [0, 0.1) is 5.92 Å². The number of nitrogens with one attached hydrogen (secondary N) is 1. The van der Waals surface area contributed by atoms with Gasteiger partial charge in [0.25, 0.3) is 0 Å². The summed E-state index contributed by atoms with van der Waals surface area (Å²) >= 11 is 0. The number of aromatic nitrogens is 2. The summed E-state index contributed by atoms with van der Waals surface area (Å²) < 4.78 is 11.0. The summed E-state index contributed by atoms with van der Waals surface area (Å²) in [5, 5.41) is 11.2. The fourth-order valence-electron chi connectivity index (χ4n) is 3.23. The molecule has 1 aliphatic rings. The van der Waals surface area contributed by atoms with Crippen molar-refractivity contribution in [3.63, 3.8) is 0 Å². The fourth-order valence-corrected chi connectivity index (χ4v) is 3.23. The highest BCUT2D eigenvalue weighted by Crippen LogP contribution is 2.35. The summed E-state index contributed by atoms with van der Waals surface area (Å²) in [6.07, 6.45) is 4.32. The van der Waals surface area contributed by atoms with E-state index in [0.717, 1.165) is 25.7 Å². The molecule has 1 fully saturated rings. The van der Waals surface area contributed by atoms with Crippen LogP contribution in [-0.2, 0) is 14.3 Å². The highest BCUT2D eigenvalue weighted by Gasteiger charge is 2.30. The Balaban J connectivity index is 1.66. The van der Waals surface area contributed by atoms with E-state index in [-0.39, 0.29) is 29.6 Å². The monoisotopic (exact) mass is 379 g/mol. The smallest absolute Gasteiger partial charge is 0.306 e. The summed E-state index contributed by atoms with van der Waals surface area (Å²) in [4.78, 5) is 24.0. The van der Waals surface area contributed by atoms with E-state index in [4.69, 9.17) is 9.15 Å². The molecule has 1 aromatic heterocycles. The van der Waals surface area contributed by atoms with Crippen molar-refractivity contribution in [1.82, 2.24) is 15.5 Å². The second kappa shape index (κ2) is 9.33. The molecular formula is C20H33N3O4. The van der Waals surface area contributed by atoms with Gasteiger partial charge >= 0.3 is 5.97 Å². The van der Waals surface area contributed by atoms with Crippen LogP contribution in [-0.4, -0.2) is 34.2 Å². The number of amides is 1. The maximum atomic E-state index is 12.3. The summed E-state index contributed by atoms with van der Waals surface area (Å²) in [6.45, 7) is 10.1. The molecule has 2 rings (SSSR count). The maximum Gasteiger partial charge on any atom is 0.306 e. The number of nitrogens with zero attached hydrogens (tertiary/aromatic N) is 2. The minimum absolute atomic E-state index is 0.0234. The highest BCUT2D eigenvalue weighted by atomic mass is 16.6. The summed E-state index contributed by atoms with van der Waals surface area (Å²) in [5.74, 6) is 1.74. The van der Waals surface area contributed by atoms with Crippen molar-refractivity contribution in [3.05, 3.63) is 11.8 Å². The van der Waals surface area contributed by atoms with Crippen molar-refractivity contribution in [3.8, 4) is 0 Å². The van der Waals surface area contributed by atoms with Crippen LogP contribution in [0.4, 0.5) is 0 Å². The van der Waals surface area contributed by atoms with Crippen LogP contribution >= 0.6 is 0 Å². The molecule has 7 nitrogen and oxygen atoms in total. The van der Waals surface area contributed by atoms with Crippen molar-refractivity contribution in [1.29, 1.82) is 0 Å². The lowest BCUT2D eigenvalue weighted by atomic mass is 9.81. The fraction of sp³-hybridized carbons (Fsp3) is 0.800. The number of hydrogen-bond donors (Lipinski definition) is 1. The van der Waals surface area contributed by atoms with Gasteiger partial charge in [0.05, 0.1) is 0 Å². The first-order valence-electron chi connectivity index (χ1n) is 9.98. The Hall–Kier alpha value is -1.92. The second-order valence-corrected chi connectivity index (χ2v) is 8.66. The van der Waals surface area contributed by atoms with Gasteiger partial charge in [-0.1, -0.05) is 13.8 Å². The first-order valence-corrected chi connectivity index (χ1v) is 9.98. The predicted octanol–water partition coefficient (Wildman–Crippen LogP) is 3.70. The van der Waals surface area contributed by atoms with E-state index in [2.05, 4.69) is 15.5 Å². The first kappa shape index (κ1) is 21.4. The zero-order chi connectivity index (χ0) is 20.0. The summed E-state index contributed by atoms with van der Waals surface area (Å²) in [7, 11) is 0. The molecule has 0 bridgehead atoms. The van der Waals surface area contributed by atoms with Crippen molar-refractivity contribution in [2.24, 2.45) is 5.92 Å². The number of hydrogen-bond acceptors (Lipinski definition) is 6. The molecule has 1 N–H and O–H groups in total. The van der Waals surface area contributed by atoms with Crippen LogP contribution in [0.2, 0.25) is 0 Å². The van der Waals surface area contributed by atoms with Crippen LogP contribution in [0.5, 0.6) is 0 Å². The van der Waals surface area contributed by atoms with Crippen LogP contribution in [0.1, 0.15) is 96.8 Å². The van der Waals surface area contributed by atoms with Gasteiger partial charge in [0.2, 0.25) is 17.7 Å². The van der Waals surface area contributed by atoms with Crippen LogP contribution < -0.4 is 5.32 Å². The number of carbonyl (C=O) groups is 2. The Morgan fingerprint density at radius 3 is 2.41 bits per heavy atom. The van der Waals surface area contributed by atoms with Crippen molar-refractivity contribution in [2.75, 3.05) is 6.54 Å². The van der Waals surface area contributed by atoms with Crippen LogP contribution in [0.3, 0.4) is 0 Å². The van der Waals surface area contributed by atoms with Crippen LogP contribution in [0.25, 0.3) is 0 Å². The SMILES string of the molecule is CC(C)c1nnc(C2CCC(C(=O)NCCCC(=O)OC(C)(C)C)CC2)o1. The third-order valence-electron chi connectivity index (χ3n) is 4.67. The molecule has 0 unspecified atom stereocenters. The lowest BCUT2D eigenvalue weighted by Gasteiger charge is -2.25. The molecule has 0 spiro atoms. The minimum Gasteiger partial charge on any atom is -0.460 e. The Labute approximate surface area is 161 Å². The molecule has 0 radical (unpaired) electrons. The average Bonchev–Trinajstić information content (AvgIpc) is 3.07. The van der Waals surface area contributed by atoms with E-state index in [1.165, 1.54) is 0 Å². The van der Waals surface area contributed by atoms with Gasteiger partial charge in [-0.05, 0) is 52.9 Å². The molecule has 0 atom stereocenters. The van der Waals surface area contributed by atoms with E-state index in [1.807, 2.05) is 34.6 Å². The van der Waals surface area contributed by atoms with E-state index in [0.29, 0.717) is 31.2 Å². The average molecular weight is 380 g/mol. The molecule has 1 aromatic rings. The van der Waals surface area contributed by atoms with E-state index >= 15 is 0 Å². The largest absolute Gasteiger partial charge is 0.460 e. The Morgan fingerprint density at radius 1 is 1.19 bits per heavy atom. The minimum atomic E-state index is -0.465. The molecule has 27 heavy (non-hydrogen) atoms. The zero-order valence-corrected chi connectivity index (χ0v) is 17.2. The Morgan fingerprint density at radius 2 is 1.85 bits per heavy atom. The van der Waals surface area contributed by atoms with Gasteiger partial charge in [0.1, 0.15) is 5.60 Å². The molecule has 0 saturated heterocycles. The number of esters is 1. The van der Waals surface area contributed by atoms with Crippen LogP contribution in [0.15, 0.2) is 4.42 Å². The molecule has 0 aromatic carbocycles. The number of rotatable bonds is 7. The van der Waals surface area contributed by atoms with Gasteiger partial charge in [0.15, 0.2) is 0 Å². The predicted molar refractivity (Wildman–Crippen MR) is 101 cm³/mol. The highest BCUT2D eigenvalue weighted by molar-refractivity contribution is 5.78. The van der Waals surface area contributed by atoms with E-state index in [9.17, 15) is 9.59 Å². The zero-order valence-electron chi connectivity index (χ0n) is 17.2. The van der Waals surface area contributed by atoms with Gasteiger partial charge < -0.3 is 14.5 Å². The van der Waals surface area contributed by atoms with Crippen molar-refractivity contribution < 1.29 is 18.7 Å². The first-order chi connectivity index (χ1) is 12.7. The van der Waals surface area contributed by atoms with E-state index < -0.39 is 5.60 Å². The molecule has 1 amide bonds. The number of ether oxygens (including phenoxy) is 1. The lowest BCUT2D eigenvalue weighted by Crippen LogP contribution is -2.34. The molecule has 0 aliphatic heterocycles. The molecule has 1 heterocycles. The normalized spacial score (nSPS) is 20.5. The third-order valence-corrected chi connectivity index (χ3v) is 4.67. The second-order valence-electron chi connectivity index (χ2n) is 8.66. The van der Waals surface area contributed by atoms with Crippen molar-refractivity contribution in [2.45, 2.75) is 90.6 Å². The van der Waals surface area contributed by atoms with Gasteiger partial charge in [-0.2, -0.15) is 0 Å². The topological polar surface area (TPSA) is 94.3 Å². The summed E-state index contributed by atoms with van der Waals surface area (Å²) in [5.41, 5.74) is -0.465. The van der Waals surface area contributed by atoms with Crippen molar-refractivity contribution >= 4 is 11.9 Å².